The highest BCUT2D eigenvalue weighted by molar-refractivity contribution is 7.98. The van der Waals surface area contributed by atoms with Crippen molar-refractivity contribution in [1.82, 2.24) is 98.9 Å². The number of nitrogens with zero attached hydrogens (tertiary/aromatic N) is 6. The van der Waals surface area contributed by atoms with E-state index in [9.17, 15) is 86.9 Å². The molecular formula is C93H162N28O19S. The number of H-pyrrole nitrogens is 2. The van der Waals surface area contributed by atoms with Crippen LogP contribution in [0.3, 0.4) is 0 Å². The highest BCUT2D eigenvalue weighted by Gasteiger charge is 2.45. The van der Waals surface area contributed by atoms with Gasteiger partial charge < -0.3 is 139 Å². The van der Waals surface area contributed by atoms with Crippen LogP contribution in [0.1, 0.15) is 273 Å². The van der Waals surface area contributed by atoms with Gasteiger partial charge in [0.05, 0.1) is 24.9 Å². The zero-order valence-corrected chi connectivity index (χ0v) is 84.6. The Morgan fingerprint density at radius 2 is 0.801 bits per heavy atom. The molecule has 2 saturated heterocycles. The number of thioether (sulfide) groups is 1. The van der Waals surface area contributed by atoms with E-state index in [0.29, 0.717) is 30.7 Å². The first-order valence-electron chi connectivity index (χ1n) is 49.8. The predicted octanol–water partition coefficient (Wildman–Crippen LogP) is -2.29. The Balaban J connectivity index is 1.50. The molecule has 2 aromatic rings. The van der Waals surface area contributed by atoms with Crippen LogP contribution in [0.5, 0.6) is 0 Å². The first kappa shape index (κ1) is 121. The topological polar surface area (TPSA) is 758 Å². The number of guanidine groups is 2. The maximum atomic E-state index is 15.1. The number of aliphatic imine (C=N–C) groups is 2. The average molecular weight is 2010 g/mol. The molecule has 0 unspecified atom stereocenters. The van der Waals surface area contributed by atoms with Crippen molar-refractivity contribution in [3.8, 4) is 0 Å². The molecule has 4 heterocycles. The smallest absolute Gasteiger partial charge is 0.246 e. The number of aromatic nitrogens is 4. The molecule has 794 valence electrons. The fourth-order valence-electron chi connectivity index (χ4n) is 16.4. The van der Waals surface area contributed by atoms with Crippen LogP contribution in [-0.2, 0) is 94.3 Å². The molecule has 2 aliphatic heterocycles. The van der Waals surface area contributed by atoms with Gasteiger partial charge in [-0.25, -0.2) is 9.97 Å². The minimum atomic E-state index is -1.82. The van der Waals surface area contributed by atoms with Crippen molar-refractivity contribution in [2.24, 2.45) is 62.0 Å². The summed E-state index contributed by atoms with van der Waals surface area (Å²) in [5.74, 6) is -15.4. The van der Waals surface area contributed by atoms with Crippen LogP contribution in [0, 0.1) is 11.8 Å². The molecule has 48 heteroatoms. The number of likely N-dealkylation sites (tertiary alicyclic amines) is 2. The van der Waals surface area contributed by atoms with Crippen molar-refractivity contribution >= 4 is 124 Å². The largest absolute Gasteiger partial charge is 0.391 e. The summed E-state index contributed by atoms with van der Waals surface area (Å²) in [6.45, 7) is 14.5. The van der Waals surface area contributed by atoms with Gasteiger partial charge in [0, 0.05) is 75.6 Å². The number of hydrogen-bond acceptors (Lipinski definition) is 25. The zero-order valence-electron chi connectivity index (χ0n) is 83.8. The molecule has 47 nitrogen and oxygen atoms in total. The summed E-state index contributed by atoms with van der Waals surface area (Å²) in [5, 5.41) is 56.5. The summed E-state index contributed by atoms with van der Waals surface area (Å²) in [7, 11) is 0. The van der Waals surface area contributed by atoms with Gasteiger partial charge in [0.25, 0.3) is 0 Å². The maximum absolute atomic E-state index is 15.1. The quantitative estimate of drug-likeness (QED) is 0.0188. The highest BCUT2D eigenvalue weighted by Crippen LogP contribution is 2.25. The molecule has 0 spiro atoms. The highest BCUT2D eigenvalue weighted by atomic mass is 32.2. The number of aromatic amines is 2. The van der Waals surface area contributed by atoms with Crippen molar-refractivity contribution in [1.29, 1.82) is 0 Å². The third kappa shape index (κ3) is 45.8. The van der Waals surface area contributed by atoms with E-state index in [0.717, 1.165) is 25.7 Å². The van der Waals surface area contributed by atoms with Gasteiger partial charge in [-0.1, -0.05) is 125 Å². The molecule has 2 aromatic heterocycles. The van der Waals surface area contributed by atoms with Crippen molar-refractivity contribution < 1.29 is 91.7 Å². The second-order valence-electron chi connectivity index (χ2n) is 37.3. The molecule has 4 rings (SSSR count). The van der Waals surface area contributed by atoms with Crippen molar-refractivity contribution in [2.75, 3.05) is 44.7 Å². The predicted molar refractivity (Wildman–Crippen MR) is 531 cm³/mol. The number of hydrogen-bond donors (Lipinski definition) is 24. The summed E-state index contributed by atoms with van der Waals surface area (Å²) >= 11 is 1.30. The molecule has 0 radical (unpaired) electrons. The number of rotatable bonds is 71. The number of aliphatic hydroxyl groups is 2. The number of aliphatic hydroxyl groups excluding tert-OH is 2. The van der Waals surface area contributed by atoms with Crippen molar-refractivity contribution in [3.63, 3.8) is 0 Å². The molecule has 0 aromatic carbocycles. The molecule has 141 heavy (non-hydrogen) atoms. The Bertz CT molecular complexity index is 4330. The lowest BCUT2D eigenvalue weighted by Crippen LogP contribution is -2.62. The Morgan fingerprint density at radius 3 is 1.23 bits per heavy atom. The number of imidazole rings is 2. The second-order valence-corrected chi connectivity index (χ2v) is 38.3. The van der Waals surface area contributed by atoms with E-state index in [-0.39, 0.29) is 165 Å². The molecule has 0 aliphatic carbocycles. The lowest BCUT2D eigenvalue weighted by Gasteiger charge is -2.32. The van der Waals surface area contributed by atoms with Gasteiger partial charge in [-0.2, -0.15) is 11.8 Å². The Kier molecular flexibility index (Phi) is 56.9. The van der Waals surface area contributed by atoms with Crippen LogP contribution in [0.2, 0.25) is 0 Å². The SMILES string of the molecule is CCCCCCCCCCCCCCCCCC(=O)N[C@@H](C)C(=O)N[C@@H](CCCN=C(N)N)C(=O)N[C@@H](CC(C)C)C(=O)N1CCC[C@H]1C(=O)N[C@@H](CCCN=C(N)N)C(=O)N[C@H](C(=O)N[C@@H](CCSC)C(=O)N[C@H](C(=O)N[C@@H](Cc1cnc[nH]1)C(=O)N1CCC[C@H]1C(=O)N[C@@H](CCCCN)C(=O)N[C@H](C(=O)N[C@@H](C)C(=O)N[C@@H](Cc1cnc[nH]1)C(=O)N[C@@H](CCC(N)=O)C(N)=O)[C@@H](C)O)C(C)C)[C@@H](C)O. The van der Waals surface area contributed by atoms with Gasteiger partial charge in [-0.05, 0) is 154 Å². The fourth-order valence-corrected chi connectivity index (χ4v) is 16.9. The second kappa shape index (κ2) is 66.0. The van der Waals surface area contributed by atoms with E-state index >= 15 is 4.79 Å². The van der Waals surface area contributed by atoms with Crippen LogP contribution in [0.25, 0.3) is 0 Å². The third-order valence-electron chi connectivity index (χ3n) is 24.4. The van der Waals surface area contributed by atoms with Gasteiger partial charge in [-0.3, -0.25) is 91.5 Å². The van der Waals surface area contributed by atoms with Crippen LogP contribution in [0.15, 0.2) is 35.0 Å². The standard InChI is InChI=1S/C93H162N28O19S/c1-11-12-13-14-15-16-17-18-19-20-21-22-23-24-25-37-73(125)107-56(6)78(127)110-64(33-28-42-103-92(97)98)80(129)115-68(47-54(2)3)90(139)120-44-30-35-70(120)86(135)112-65(34-29-43-104-93(99)100)82(131)119-76(59(9)123)89(138)113-66(40-46-141-10)83(132)117-74(55(4)5)87(136)116-69(49-61-51-102-53-106-61)91(140)121-45-31-36-71(121)85(134)111-63(32-26-27-41-94)81(130)118-75(58(8)122)88(137)108-57(7)79(128)114-67(48-60-50-101-52-105-60)84(133)109-62(77(96)126)38-39-72(95)124/h50-59,62-71,74-76,122-123H,11-49,94H2,1-10H3,(H2,95,124)(H2,96,126)(H,101,105)(H,102,106)(H,107,125)(H,108,137)(H,109,133)(H,110,127)(H,111,134)(H,112,135)(H,113,138)(H,114,128)(H,115,129)(H,116,136)(H,117,132)(H,118,130)(H,119,131)(H4,97,98,103)(H4,99,100,104)/t56-,57-,58+,59+,62-,63-,64-,65-,66-,67-,68-,69-,70-,71-,74-,75-,76-/m0/s1. The number of primary amides is 2. The first-order valence-corrected chi connectivity index (χ1v) is 51.1. The van der Waals surface area contributed by atoms with Gasteiger partial charge in [0.1, 0.15) is 90.6 Å². The lowest BCUT2D eigenvalue weighted by atomic mass is 10.0. The summed E-state index contributed by atoms with van der Waals surface area (Å²) in [6, 6.07) is -21.2. The average Bonchev–Trinajstić information content (AvgIpc) is 1.75. The van der Waals surface area contributed by atoms with Crippen LogP contribution in [0.4, 0.5) is 0 Å². The number of unbranched alkanes of at least 4 members (excludes halogenated alkanes) is 15. The van der Waals surface area contributed by atoms with Crippen LogP contribution in [-0.4, -0.2) is 300 Å². The van der Waals surface area contributed by atoms with Crippen molar-refractivity contribution in [3.05, 3.63) is 36.4 Å². The zero-order chi connectivity index (χ0) is 105. The van der Waals surface area contributed by atoms with Gasteiger partial charge >= 0.3 is 0 Å². The van der Waals surface area contributed by atoms with Crippen LogP contribution >= 0.6 is 11.8 Å². The number of carbonyl (C=O) groups excluding carboxylic acids is 17. The Hall–Kier alpha value is -11.8. The van der Waals surface area contributed by atoms with E-state index < -0.39 is 203 Å². The van der Waals surface area contributed by atoms with E-state index in [2.05, 4.69) is 106 Å². The number of amides is 17. The van der Waals surface area contributed by atoms with E-state index in [1.165, 1.54) is 139 Å². The minimum Gasteiger partial charge on any atom is -0.391 e. The van der Waals surface area contributed by atoms with Gasteiger partial charge in [-0.15, -0.1) is 0 Å². The monoisotopic (exact) mass is 2010 g/mol. The summed E-state index contributed by atoms with van der Waals surface area (Å²) in [6.07, 6.45) is 22.0. The Labute approximate surface area is 830 Å². The molecule has 0 saturated carbocycles. The fraction of sp³-hybridized carbons (Fsp3) is 0.731. The molecule has 17 amide bonds. The molecular weight excluding hydrogens is 1850 g/mol. The number of nitrogens with two attached hydrogens (primary N) is 7. The Morgan fingerprint density at radius 1 is 0.418 bits per heavy atom. The molecule has 17 atom stereocenters. The summed E-state index contributed by atoms with van der Waals surface area (Å²) in [5.41, 5.74) is 39.8. The first-order chi connectivity index (χ1) is 67.0. The number of carbonyl (C=O) groups is 17. The molecule has 31 N–H and O–H groups in total. The summed E-state index contributed by atoms with van der Waals surface area (Å²) < 4.78 is 0. The summed E-state index contributed by atoms with van der Waals surface area (Å²) in [4.78, 5) is 264. The van der Waals surface area contributed by atoms with E-state index in [1.807, 2.05) is 13.8 Å². The van der Waals surface area contributed by atoms with E-state index in [4.69, 9.17) is 40.1 Å². The van der Waals surface area contributed by atoms with Gasteiger partial charge in [0.2, 0.25) is 100 Å². The van der Waals surface area contributed by atoms with Crippen molar-refractivity contribution in [2.45, 2.75) is 377 Å². The van der Waals surface area contributed by atoms with Gasteiger partial charge in [0.15, 0.2) is 11.9 Å². The maximum Gasteiger partial charge on any atom is 0.246 e. The molecule has 2 fully saturated rings. The third-order valence-corrected chi connectivity index (χ3v) is 25.1. The minimum absolute atomic E-state index is 0.0104. The molecule has 0 bridgehead atoms. The molecule has 2 aliphatic rings. The number of nitrogens with one attached hydrogen (secondary N) is 15. The lowest BCUT2D eigenvalue weighted by molar-refractivity contribution is -0.143. The normalized spacial score (nSPS) is 16.7. The van der Waals surface area contributed by atoms with E-state index in [1.54, 1.807) is 20.1 Å². The van der Waals surface area contributed by atoms with Crippen LogP contribution < -0.4 is 109 Å².